The van der Waals surface area contributed by atoms with Crippen molar-refractivity contribution in [2.75, 3.05) is 6.61 Å². The molecule has 0 aliphatic carbocycles. The molecule has 0 unspecified atom stereocenters. The van der Waals surface area contributed by atoms with Gasteiger partial charge in [-0.2, -0.15) is 0 Å². The van der Waals surface area contributed by atoms with Gasteiger partial charge in [-0.3, -0.25) is 0 Å². The summed E-state index contributed by atoms with van der Waals surface area (Å²) in [5.41, 5.74) is -0.147. The van der Waals surface area contributed by atoms with E-state index in [2.05, 4.69) is 9.97 Å². The summed E-state index contributed by atoms with van der Waals surface area (Å²) in [7, 11) is 0. The van der Waals surface area contributed by atoms with Crippen molar-refractivity contribution in [2.45, 2.75) is 13.3 Å². The zero-order valence-electron chi connectivity index (χ0n) is 10.5. The molecule has 20 heavy (non-hydrogen) atoms. The Hall–Kier alpha value is -1.95. The van der Waals surface area contributed by atoms with E-state index in [1.165, 1.54) is 30.6 Å². The Bertz CT molecular complexity index is 596. The molecule has 106 valence electrons. The third kappa shape index (κ3) is 3.33. The van der Waals surface area contributed by atoms with Gasteiger partial charge in [-0.25, -0.2) is 18.7 Å². The molecule has 1 heterocycles. The van der Waals surface area contributed by atoms with Crippen LogP contribution < -0.4 is 9.47 Å². The third-order valence-electron chi connectivity index (χ3n) is 2.35. The second-order valence-corrected chi connectivity index (χ2v) is 4.05. The van der Waals surface area contributed by atoms with Gasteiger partial charge >= 0.3 is 0 Å². The van der Waals surface area contributed by atoms with Crippen molar-refractivity contribution in [3.8, 4) is 17.4 Å². The highest BCUT2D eigenvalue weighted by Crippen LogP contribution is 2.35. The van der Waals surface area contributed by atoms with E-state index in [0.717, 1.165) is 0 Å². The van der Waals surface area contributed by atoms with Gasteiger partial charge < -0.3 is 9.47 Å². The Labute approximate surface area is 119 Å². The minimum absolute atomic E-state index is 0.0767. The van der Waals surface area contributed by atoms with Crippen molar-refractivity contribution in [1.29, 1.82) is 0 Å². The molecule has 0 saturated carbocycles. The third-order valence-corrected chi connectivity index (χ3v) is 2.61. The van der Waals surface area contributed by atoms with Crippen LogP contribution in [0, 0.1) is 0 Å². The standard InChI is InChI=1S/C13H11ClF2N2O2/c1-2-19-10-7-8(12(15)16)3-4-9(10)20-13-11(14)17-5-6-18-13/h3-7,12H,2H2,1H3. The summed E-state index contributed by atoms with van der Waals surface area (Å²) in [6.45, 7) is 2.06. The fourth-order valence-corrected chi connectivity index (χ4v) is 1.64. The number of rotatable bonds is 5. The molecule has 0 aliphatic heterocycles. The summed E-state index contributed by atoms with van der Waals surface area (Å²) in [5.74, 6) is 0.533. The van der Waals surface area contributed by atoms with Crippen molar-refractivity contribution in [3.63, 3.8) is 0 Å². The molecule has 0 atom stereocenters. The molecule has 0 spiro atoms. The fourth-order valence-electron chi connectivity index (χ4n) is 1.49. The summed E-state index contributed by atoms with van der Waals surface area (Å²) < 4.78 is 36.1. The number of ether oxygens (including phenoxy) is 2. The monoisotopic (exact) mass is 300 g/mol. The van der Waals surface area contributed by atoms with Crippen LogP contribution in [0.3, 0.4) is 0 Å². The lowest BCUT2D eigenvalue weighted by Crippen LogP contribution is -1.98. The first kappa shape index (κ1) is 14.5. The number of alkyl halides is 2. The number of hydrogen-bond donors (Lipinski definition) is 0. The average molecular weight is 301 g/mol. The van der Waals surface area contributed by atoms with E-state index in [0.29, 0.717) is 6.61 Å². The lowest BCUT2D eigenvalue weighted by Gasteiger charge is -2.12. The Morgan fingerprint density at radius 2 is 1.95 bits per heavy atom. The topological polar surface area (TPSA) is 44.2 Å². The molecular weight excluding hydrogens is 290 g/mol. The molecular formula is C13H11ClF2N2O2. The van der Waals surface area contributed by atoms with Gasteiger partial charge in [0.25, 0.3) is 12.3 Å². The van der Waals surface area contributed by atoms with Gasteiger partial charge in [0.05, 0.1) is 6.61 Å². The largest absolute Gasteiger partial charge is 0.490 e. The zero-order valence-corrected chi connectivity index (χ0v) is 11.3. The normalized spacial score (nSPS) is 10.7. The van der Waals surface area contributed by atoms with Crippen LogP contribution in [0.4, 0.5) is 8.78 Å². The quantitative estimate of drug-likeness (QED) is 0.827. The minimum atomic E-state index is -2.58. The van der Waals surface area contributed by atoms with Crippen molar-refractivity contribution in [2.24, 2.45) is 0 Å². The lowest BCUT2D eigenvalue weighted by molar-refractivity contribution is 0.150. The molecule has 0 N–H and O–H groups in total. The van der Waals surface area contributed by atoms with E-state index >= 15 is 0 Å². The zero-order chi connectivity index (χ0) is 14.5. The van der Waals surface area contributed by atoms with Crippen molar-refractivity contribution >= 4 is 11.6 Å². The number of nitrogens with zero attached hydrogens (tertiary/aromatic N) is 2. The maximum absolute atomic E-state index is 12.7. The number of halogens is 3. The summed E-state index contributed by atoms with van der Waals surface area (Å²) >= 11 is 5.83. The van der Waals surface area contributed by atoms with Crippen LogP contribution in [-0.2, 0) is 0 Å². The van der Waals surface area contributed by atoms with Gasteiger partial charge in [0.2, 0.25) is 0 Å². The Kier molecular flexibility index (Phi) is 4.68. The molecule has 0 radical (unpaired) electrons. The van der Waals surface area contributed by atoms with E-state index in [9.17, 15) is 8.78 Å². The number of hydrogen-bond acceptors (Lipinski definition) is 4. The molecule has 2 aromatic rings. The van der Waals surface area contributed by atoms with Crippen LogP contribution in [0.5, 0.6) is 17.4 Å². The highest BCUT2D eigenvalue weighted by atomic mass is 35.5. The van der Waals surface area contributed by atoms with Crippen LogP contribution in [0.25, 0.3) is 0 Å². The number of aromatic nitrogens is 2. The molecule has 1 aromatic heterocycles. The van der Waals surface area contributed by atoms with Crippen LogP contribution in [0.1, 0.15) is 18.9 Å². The van der Waals surface area contributed by atoms with Gasteiger partial charge in [-0.05, 0) is 25.1 Å². The Balaban J connectivity index is 2.33. The average Bonchev–Trinajstić information content (AvgIpc) is 2.43. The number of benzene rings is 1. The predicted molar refractivity (Wildman–Crippen MR) is 69.7 cm³/mol. The molecule has 0 aliphatic rings. The summed E-state index contributed by atoms with van der Waals surface area (Å²) in [6.07, 6.45) is 0.247. The summed E-state index contributed by atoms with van der Waals surface area (Å²) in [4.78, 5) is 7.73. The molecule has 7 heteroatoms. The van der Waals surface area contributed by atoms with Crippen LogP contribution in [0.15, 0.2) is 30.6 Å². The highest BCUT2D eigenvalue weighted by Gasteiger charge is 2.14. The molecule has 0 saturated heterocycles. The maximum Gasteiger partial charge on any atom is 0.263 e. The summed E-state index contributed by atoms with van der Waals surface area (Å²) in [6, 6.07) is 3.87. The van der Waals surface area contributed by atoms with Crippen LogP contribution in [-0.4, -0.2) is 16.6 Å². The van der Waals surface area contributed by atoms with Crippen molar-refractivity contribution < 1.29 is 18.3 Å². The van der Waals surface area contributed by atoms with Gasteiger partial charge in [0, 0.05) is 18.0 Å². The highest BCUT2D eigenvalue weighted by molar-refractivity contribution is 6.30. The molecule has 0 bridgehead atoms. The molecule has 2 rings (SSSR count). The van der Waals surface area contributed by atoms with Crippen molar-refractivity contribution in [1.82, 2.24) is 9.97 Å². The van der Waals surface area contributed by atoms with E-state index < -0.39 is 6.43 Å². The molecule has 0 fully saturated rings. The van der Waals surface area contributed by atoms with Gasteiger partial charge in [-0.15, -0.1) is 0 Å². The van der Waals surface area contributed by atoms with Gasteiger partial charge in [0.1, 0.15) is 0 Å². The van der Waals surface area contributed by atoms with Gasteiger partial charge in [0.15, 0.2) is 16.7 Å². The Morgan fingerprint density at radius 3 is 2.60 bits per heavy atom. The van der Waals surface area contributed by atoms with Gasteiger partial charge in [-0.1, -0.05) is 11.6 Å². The first-order chi connectivity index (χ1) is 9.61. The van der Waals surface area contributed by atoms with E-state index in [4.69, 9.17) is 21.1 Å². The summed E-state index contributed by atoms with van der Waals surface area (Å²) in [5, 5.41) is 0.0767. The van der Waals surface area contributed by atoms with Crippen LogP contribution >= 0.6 is 11.6 Å². The first-order valence-electron chi connectivity index (χ1n) is 5.81. The van der Waals surface area contributed by atoms with Crippen LogP contribution in [0.2, 0.25) is 5.15 Å². The second kappa shape index (κ2) is 6.47. The lowest BCUT2D eigenvalue weighted by atomic mass is 10.2. The molecule has 1 aromatic carbocycles. The van der Waals surface area contributed by atoms with Crippen molar-refractivity contribution in [3.05, 3.63) is 41.3 Å². The fraction of sp³-hybridized carbons (Fsp3) is 0.231. The minimum Gasteiger partial charge on any atom is -0.490 e. The smallest absolute Gasteiger partial charge is 0.263 e. The second-order valence-electron chi connectivity index (χ2n) is 3.69. The predicted octanol–water partition coefficient (Wildman–Crippen LogP) is 4.26. The first-order valence-corrected chi connectivity index (χ1v) is 6.19. The van der Waals surface area contributed by atoms with E-state index in [1.54, 1.807) is 6.92 Å². The van der Waals surface area contributed by atoms with E-state index in [-0.39, 0.29) is 28.1 Å². The van der Waals surface area contributed by atoms with E-state index in [1.807, 2.05) is 0 Å². The maximum atomic E-state index is 12.7. The SMILES string of the molecule is CCOc1cc(C(F)F)ccc1Oc1nccnc1Cl. The molecule has 4 nitrogen and oxygen atoms in total. The molecule has 0 amide bonds. The Morgan fingerprint density at radius 1 is 1.20 bits per heavy atom.